The largest absolute Gasteiger partial charge is 0.467 e. The number of ether oxygens (including phenoxy) is 1. The molecule has 1 aromatic heterocycles. The van der Waals surface area contributed by atoms with Gasteiger partial charge < -0.3 is 10.5 Å². The summed E-state index contributed by atoms with van der Waals surface area (Å²) < 4.78 is 6.86. The molecule has 2 rings (SSSR count). The van der Waals surface area contributed by atoms with Gasteiger partial charge in [-0.05, 0) is 24.3 Å². The summed E-state index contributed by atoms with van der Waals surface area (Å²) in [5, 5.41) is 8.49. The third-order valence-corrected chi connectivity index (χ3v) is 2.40. The molecule has 2 N–H and O–H groups in total. The lowest BCUT2D eigenvalue weighted by atomic mass is 10.3. The number of nitrogens with zero attached hydrogens (tertiary/aromatic N) is 3. The summed E-state index contributed by atoms with van der Waals surface area (Å²) in [5.74, 6) is 0.638. The van der Waals surface area contributed by atoms with Gasteiger partial charge >= 0.3 is 6.01 Å². The van der Waals surface area contributed by atoms with Crippen molar-refractivity contribution in [3.63, 3.8) is 0 Å². The van der Waals surface area contributed by atoms with E-state index in [2.05, 4.69) is 10.2 Å². The van der Waals surface area contributed by atoms with E-state index in [0.717, 1.165) is 5.69 Å². The van der Waals surface area contributed by atoms with Gasteiger partial charge in [0.1, 0.15) is 0 Å². The maximum atomic E-state index is 5.82. The number of methoxy groups -OCH3 is 1. The summed E-state index contributed by atoms with van der Waals surface area (Å²) in [5.41, 5.74) is 6.45. The Bertz CT molecular complexity index is 459. The summed E-state index contributed by atoms with van der Waals surface area (Å²) >= 11 is 5.82. The molecule has 0 saturated heterocycles. The second-order valence-electron chi connectivity index (χ2n) is 3.12. The molecule has 0 atom stereocenters. The Morgan fingerprint density at radius 2 is 2.00 bits per heavy atom. The van der Waals surface area contributed by atoms with Gasteiger partial charge in [0.05, 0.1) is 19.3 Å². The van der Waals surface area contributed by atoms with E-state index in [1.165, 1.54) is 7.11 Å². The number of halogens is 1. The Morgan fingerprint density at radius 1 is 1.31 bits per heavy atom. The van der Waals surface area contributed by atoms with Crippen molar-refractivity contribution >= 4 is 11.6 Å². The molecule has 0 aliphatic carbocycles. The molecule has 6 heteroatoms. The van der Waals surface area contributed by atoms with Gasteiger partial charge in [-0.2, -0.15) is 0 Å². The smallest absolute Gasteiger partial charge is 0.321 e. The molecule has 0 saturated carbocycles. The van der Waals surface area contributed by atoms with E-state index in [1.54, 1.807) is 16.7 Å². The normalized spacial score (nSPS) is 10.4. The van der Waals surface area contributed by atoms with Crippen LogP contribution in [0.5, 0.6) is 6.01 Å². The standard InChI is InChI=1S/C10H11ClN4O/c1-16-10-14-13-9(6-12)15(10)8-4-2-7(11)3-5-8/h2-5H,6,12H2,1H3. The van der Waals surface area contributed by atoms with Crippen molar-refractivity contribution in [3.8, 4) is 11.7 Å². The number of rotatable bonds is 3. The first-order chi connectivity index (χ1) is 7.76. The van der Waals surface area contributed by atoms with E-state index in [1.807, 2.05) is 12.1 Å². The maximum Gasteiger partial charge on any atom is 0.321 e. The summed E-state index contributed by atoms with van der Waals surface area (Å²) in [6.45, 7) is 0.291. The lowest BCUT2D eigenvalue weighted by Gasteiger charge is -2.07. The molecule has 16 heavy (non-hydrogen) atoms. The van der Waals surface area contributed by atoms with Crippen LogP contribution < -0.4 is 10.5 Å². The third-order valence-electron chi connectivity index (χ3n) is 2.15. The fourth-order valence-electron chi connectivity index (χ4n) is 1.41. The van der Waals surface area contributed by atoms with Gasteiger partial charge in [-0.3, -0.25) is 0 Å². The number of hydrogen-bond donors (Lipinski definition) is 1. The molecule has 84 valence electrons. The van der Waals surface area contributed by atoms with E-state index in [9.17, 15) is 0 Å². The molecule has 0 radical (unpaired) electrons. The van der Waals surface area contributed by atoms with E-state index in [4.69, 9.17) is 22.1 Å². The number of aromatic nitrogens is 3. The van der Waals surface area contributed by atoms with Gasteiger partial charge in [0.2, 0.25) is 0 Å². The van der Waals surface area contributed by atoms with Crippen molar-refractivity contribution in [2.24, 2.45) is 5.73 Å². The molecule has 0 spiro atoms. The Kier molecular flexibility index (Phi) is 3.07. The van der Waals surface area contributed by atoms with Crippen LogP contribution in [0.1, 0.15) is 5.82 Å². The first-order valence-electron chi connectivity index (χ1n) is 4.70. The van der Waals surface area contributed by atoms with Crippen molar-refractivity contribution in [2.75, 3.05) is 7.11 Å². The molecule has 0 aliphatic heterocycles. The maximum absolute atomic E-state index is 5.82. The van der Waals surface area contributed by atoms with Crippen LogP contribution in [0.3, 0.4) is 0 Å². The molecular weight excluding hydrogens is 228 g/mol. The number of nitrogens with two attached hydrogens (primary N) is 1. The van der Waals surface area contributed by atoms with Crippen LogP contribution in [-0.4, -0.2) is 21.9 Å². The molecule has 0 fully saturated rings. The zero-order valence-corrected chi connectivity index (χ0v) is 9.48. The highest BCUT2D eigenvalue weighted by atomic mass is 35.5. The first-order valence-corrected chi connectivity index (χ1v) is 5.08. The molecule has 0 bridgehead atoms. The predicted octanol–water partition coefficient (Wildman–Crippen LogP) is 1.39. The van der Waals surface area contributed by atoms with Gasteiger partial charge in [0.25, 0.3) is 0 Å². The minimum absolute atomic E-state index is 0.291. The van der Waals surface area contributed by atoms with Crippen LogP contribution in [-0.2, 0) is 6.54 Å². The van der Waals surface area contributed by atoms with Crippen molar-refractivity contribution in [3.05, 3.63) is 35.1 Å². The molecule has 5 nitrogen and oxygen atoms in total. The summed E-state index contributed by atoms with van der Waals surface area (Å²) in [6.07, 6.45) is 0. The highest BCUT2D eigenvalue weighted by Crippen LogP contribution is 2.19. The van der Waals surface area contributed by atoms with Crippen molar-refractivity contribution in [1.82, 2.24) is 14.8 Å². The predicted molar refractivity (Wildman–Crippen MR) is 60.8 cm³/mol. The van der Waals surface area contributed by atoms with Gasteiger partial charge in [0, 0.05) is 5.02 Å². The van der Waals surface area contributed by atoms with E-state index in [0.29, 0.717) is 23.4 Å². The van der Waals surface area contributed by atoms with Crippen molar-refractivity contribution in [1.29, 1.82) is 0 Å². The number of hydrogen-bond acceptors (Lipinski definition) is 4. The Labute approximate surface area is 97.8 Å². The Morgan fingerprint density at radius 3 is 2.56 bits per heavy atom. The summed E-state index contributed by atoms with van der Waals surface area (Å²) in [4.78, 5) is 0. The zero-order valence-electron chi connectivity index (χ0n) is 8.72. The fourth-order valence-corrected chi connectivity index (χ4v) is 1.54. The molecule has 2 aromatic rings. The molecule has 0 aliphatic rings. The highest BCUT2D eigenvalue weighted by molar-refractivity contribution is 6.30. The molecular formula is C10H11ClN4O. The fraction of sp³-hybridized carbons (Fsp3) is 0.200. The monoisotopic (exact) mass is 238 g/mol. The van der Waals surface area contributed by atoms with Crippen LogP contribution in [0.25, 0.3) is 5.69 Å². The minimum Gasteiger partial charge on any atom is -0.467 e. The van der Waals surface area contributed by atoms with E-state index < -0.39 is 0 Å². The van der Waals surface area contributed by atoms with Gasteiger partial charge in [-0.25, -0.2) is 4.57 Å². The zero-order chi connectivity index (χ0) is 11.5. The highest BCUT2D eigenvalue weighted by Gasteiger charge is 2.12. The summed E-state index contributed by atoms with van der Waals surface area (Å²) in [6, 6.07) is 7.69. The average Bonchev–Trinajstić information content (AvgIpc) is 2.73. The quantitative estimate of drug-likeness (QED) is 0.878. The lowest BCUT2D eigenvalue weighted by Crippen LogP contribution is -2.07. The topological polar surface area (TPSA) is 66.0 Å². The molecule has 0 unspecified atom stereocenters. The third kappa shape index (κ3) is 1.87. The first kappa shape index (κ1) is 10.9. The SMILES string of the molecule is COc1nnc(CN)n1-c1ccc(Cl)cc1. The van der Waals surface area contributed by atoms with Crippen LogP contribution in [0.2, 0.25) is 5.02 Å². The molecule has 1 heterocycles. The van der Waals surface area contributed by atoms with Crippen LogP contribution in [0, 0.1) is 0 Å². The van der Waals surface area contributed by atoms with E-state index >= 15 is 0 Å². The second kappa shape index (κ2) is 4.51. The number of benzene rings is 1. The van der Waals surface area contributed by atoms with Crippen LogP contribution in [0.4, 0.5) is 0 Å². The van der Waals surface area contributed by atoms with Crippen molar-refractivity contribution < 1.29 is 4.74 Å². The van der Waals surface area contributed by atoms with Gasteiger partial charge in [-0.15, -0.1) is 5.10 Å². The lowest BCUT2D eigenvalue weighted by molar-refractivity contribution is 0.371. The Balaban J connectivity index is 2.52. The van der Waals surface area contributed by atoms with Gasteiger partial charge in [-0.1, -0.05) is 16.7 Å². The average molecular weight is 239 g/mol. The van der Waals surface area contributed by atoms with E-state index in [-0.39, 0.29) is 0 Å². The van der Waals surface area contributed by atoms with Crippen molar-refractivity contribution in [2.45, 2.75) is 6.54 Å². The Hall–Kier alpha value is -1.59. The molecule has 1 aromatic carbocycles. The minimum atomic E-state index is 0.291. The van der Waals surface area contributed by atoms with Crippen LogP contribution >= 0.6 is 11.6 Å². The summed E-state index contributed by atoms with van der Waals surface area (Å²) in [7, 11) is 1.54. The van der Waals surface area contributed by atoms with Crippen LogP contribution in [0.15, 0.2) is 24.3 Å². The molecule has 0 amide bonds. The second-order valence-corrected chi connectivity index (χ2v) is 3.56. The van der Waals surface area contributed by atoms with Gasteiger partial charge in [0.15, 0.2) is 5.82 Å².